The van der Waals surface area contributed by atoms with Crippen molar-refractivity contribution < 1.29 is 13.9 Å². The summed E-state index contributed by atoms with van der Waals surface area (Å²) in [6.45, 7) is 2.51. The number of rotatable bonds is 5. The highest BCUT2D eigenvalue weighted by Gasteiger charge is 2.08. The Morgan fingerprint density at radius 2 is 2.10 bits per heavy atom. The smallest absolute Gasteiger partial charge is 0.310 e. The predicted octanol–water partition coefficient (Wildman–Crippen LogP) is 4.29. The molecule has 0 unspecified atom stereocenters. The predicted molar refractivity (Wildman–Crippen MR) is 86.2 cm³/mol. The Balaban J connectivity index is 2.00. The molecule has 112 valence electrons. The van der Waals surface area contributed by atoms with Crippen LogP contribution in [0.4, 0.5) is 10.1 Å². The third-order valence-corrected chi connectivity index (χ3v) is 4.68. The van der Waals surface area contributed by atoms with Gasteiger partial charge in [-0.25, -0.2) is 4.39 Å². The molecule has 0 aliphatic rings. The van der Waals surface area contributed by atoms with E-state index in [0.717, 1.165) is 21.0 Å². The van der Waals surface area contributed by atoms with Crippen molar-refractivity contribution in [2.24, 2.45) is 0 Å². The van der Waals surface area contributed by atoms with Crippen LogP contribution in [0, 0.1) is 12.7 Å². The van der Waals surface area contributed by atoms with Gasteiger partial charge in [-0.05, 0) is 52.7 Å². The van der Waals surface area contributed by atoms with Crippen LogP contribution in [0.2, 0.25) is 0 Å². The molecule has 2 rings (SSSR count). The number of methoxy groups -OCH3 is 1. The van der Waals surface area contributed by atoms with Gasteiger partial charge in [-0.1, -0.05) is 0 Å². The van der Waals surface area contributed by atoms with E-state index >= 15 is 0 Å². The van der Waals surface area contributed by atoms with E-state index in [0.29, 0.717) is 11.0 Å². The number of nitrogens with one attached hydrogen (secondary N) is 1. The maximum atomic E-state index is 13.5. The zero-order valence-corrected chi connectivity index (χ0v) is 14.1. The van der Waals surface area contributed by atoms with Crippen LogP contribution >= 0.6 is 27.3 Å². The summed E-state index contributed by atoms with van der Waals surface area (Å²) in [6, 6.07) is 7.09. The van der Waals surface area contributed by atoms with Crippen molar-refractivity contribution in [3.63, 3.8) is 0 Å². The summed E-state index contributed by atoms with van der Waals surface area (Å²) in [5, 5.41) is 3.21. The van der Waals surface area contributed by atoms with Gasteiger partial charge in [0, 0.05) is 22.0 Å². The van der Waals surface area contributed by atoms with Crippen LogP contribution < -0.4 is 5.32 Å². The molecule has 0 saturated carbocycles. The van der Waals surface area contributed by atoms with Crippen molar-refractivity contribution in [3.05, 3.63) is 49.9 Å². The second kappa shape index (κ2) is 7.04. The molecule has 21 heavy (non-hydrogen) atoms. The van der Waals surface area contributed by atoms with Crippen molar-refractivity contribution in [1.82, 2.24) is 0 Å². The standard InChI is InChI=1S/C15H15BrFNO2S/c1-9-5-12(16)13(17)7-14(9)18-8-11-4-3-10(21-11)6-15(19)20-2/h3-5,7,18H,6,8H2,1-2H3. The number of anilines is 1. The van der Waals surface area contributed by atoms with Gasteiger partial charge < -0.3 is 10.1 Å². The monoisotopic (exact) mass is 371 g/mol. The zero-order chi connectivity index (χ0) is 15.4. The molecule has 0 amide bonds. The van der Waals surface area contributed by atoms with E-state index in [1.54, 1.807) is 17.4 Å². The zero-order valence-electron chi connectivity index (χ0n) is 11.7. The van der Waals surface area contributed by atoms with Crippen molar-refractivity contribution in [1.29, 1.82) is 0 Å². The van der Waals surface area contributed by atoms with E-state index in [9.17, 15) is 9.18 Å². The topological polar surface area (TPSA) is 38.3 Å². The Morgan fingerprint density at radius 1 is 1.38 bits per heavy atom. The molecular formula is C15H15BrFNO2S. The van der Waals surface area contributed by atoms with Gasteiger partial charge in [-0.15, -0.1) is 11.3 Å². The third-order valence-electron chi connectivity index (χ3n) is 2.98. The normalized spacial score (nSPS) is 10.5. The van der Waals surface area contributed by atoms with Gasteiger partial charge in [0.2, 0.25) is 0 Å². The van der Waals surface area contributed by atoms with Crippen LogP contribution in [0.1, 0.15) is 15.3 Å². The number of ether oxygens (including phenoxy) is 1. The van der Waals surface area contributed by atoms with Gasteiger partial charge >= 0.3 is 5.97 Å². The molecule has 0 fully saturated rings. The molecule has 6 heteroatoms. The summed E-state index contributed by atoms with van der Waals surface area (Å²) in [6.07, 6.45) is 0.285. The summed E-state index contributed by atoms with van der Waals surface area (Å²) in [4.78, 5) is 13.2. The van der Waals surface area contributed by atoms with Crippen molar-refractivity contribution >= 4 is 38.9 Å². The molecule has 0 aliphatic carbocycles. The maximum Gasteiger partial charge on any atom is 0.310 e. The Labute approximate surface area is 135 Å². The van der Waals surface area contributed by atoms with Crippen molar-refractivity contribution in [2.75, 3.05) is 12.4 Å². The van der Waals surface area contributed by atoms with E-state index in [4.69, 9.17) is 0 Å². The number of halogens is 2. The number of aryl methyl sites for hydroxylation is 1. The molecule has 1 aromatic carbocycles. The molecule has 0 radical (unpaired) electrons. The first-order valence-electron chi connectivity index (χ1n) is 6.33. The molecule has 0 aliphatic heterocycles. The van der Waals surface area contributed by atoms with Gasteiger partial charge in [-0.3, -0.25) is 4.79 Å². The lowest BCUT2D eigenvalue weighted by Crippen LogP contribution is -2.02. The maximum absolute atomic E-state index is 13.5. The molecule has 0 spiro atoms. The first-order chi connectivity index (χ1) is 9.99. The van der Waals surface area contributed by atoms with Gasteiger partial charge in [0.25, 0.3) is 0 Å². The second-order valence-electron chi connectivity index (χ2n) is 4.56. The van der Waals surface area contributed by atoms with Crippen molar-refractivity contribution in [2.45, 2.75) is 19.9 Å². The van der Waals surface area contributed by atoms with Crippen LogP contribution in [0.3, 0.4) is 0 Å². The van der Waals surface area contributed by atoms with E-state index < -0.39 is 0 Å². The number of hydrogen-bond acceptors (Lipinski definition) is 4. The van der Waals surface area contributed by atoms with E-state index in [-0.39, 0.29) is 18.2 Å². The molecule has 1 heterocycles. The van der Waals surface area contributed by atoms with Crippen LogP contribution in [-0.2, 0) is 22.5 Å². The van der Waals surface area contributed by atoms with E-state index in [1.807, 2.05) is 19.1 Å². The number of benzene rings is 1. The molecule has 3 nitrogen and oxygen atoms in total. The number of hydrogen-bond donors (Lipinski definition) is 1. The number of thiophene rings is 1. The number of esters is 1. The molecule has 2 aromatic rings. The molecule has 1 aromatic heterocycles. The highest BCUT2D eigenvalue weighted by atomic mass is 79.9. The van der Waals surface area contributed by atoms with Crippen molar-refractivity contribution in [3.8, 4) is 0 Å². The molecule has 1 N–H and O–H groups in total. The minimum atomic E-state index is -0.291. The van der Waals surface area contributed by atoms with Gasteiger partial charge in [0.15, 0.2) is 0 Å². The van der Waals surface area contributed by atoms with Crippen LogP contribution in [0.25, 0.3) is 0 Å². The largest absolute Gasteiger partial charge is 0.469 e. The van der Waals surface area contributed by atoms with Gasteiger partial charge in [0.1, 0.15) is 5.82 Å². The quantitative estimate of drug-likeness (QED) is 0.796. The van der Waals surface area contributed by atoms with Gasteiger partial charge in [-0.2, -0.15) is 0 Å². The molecule has 0 saturated heterocycles. The van der Waals surface area contributed by atoms with E-state index in [2.05, 4.69) is 26.0 Å². The lowest BCUT2D eigenvalue weighted by molar-refractivity contribution is -0.139. The molecule has 0 atom stereocenters. The fourth-order valence-electron chi connectivity index (χ4n) is 1.85. The van der Waals surface area contributed by atoms with Crippen LogP contribution in [0.15, 0.2) is 28.7 Å². The fraction of sp³-hybridized carbons (Fsp3) is 0.267. The molecule has 0 bridgehead atoms. The number of carbonyl (C=O) groups excluding carboxylic acids is 1. The average molecular weight is 372 g/mol. The summed E-state index contributed by atoms with van der Waals surface area (Å²) in [5.74, 6) is -0.539. The highest BCUT2D eigenvalue weighted by molar-refractivity contribution is 9.10. The summed E-state index contributed by atoms with van der Waals surface area (Å²) in [7, 11) is 1.38. The fourth-order valence-corrected chi connectivity index (χ4v) is 3.25. The highest BCUT2D eigenvalue weighted by Crippen LogP contribution is 2.25. The summed E-state index contributed by atoms with van der Waals surface area (Å²) < 4.78 is 18.6. The Bertz CT molecular complexity index is 657. The lowest BCUT2D eigenvalue weighted by Gasteiger charge is -2.09. The number of carbonyl (C=O) groups is 1. The second-order valence-corrected chi connectivity index (χ2v) is 6.66. The minimum Gasteiger partial charge on any atom is -0.469 e. The summed E-state index contributed by atoms with van der Waals surface area (Å²) >= 11 is 4.71. The Kier molecular flexibility index (Phi) is 5.36. The Morgan fingerprint density at radius 3 is 2.81 bits per heavy atom. The van der Waals surface area contributed by atoms with Crippen LogP contribution in [0.5, 0.6) is 0 Å². The SMILES string of the molecule is COC(=O)Cc1ccc(CNc2cc(F)c(Br)cc2C)s1. The average Bonchev–Trinajstić information content (AvgIpc) is 2.88. The van der Waals surface area contributed by atoms with E-state index in [1.165, 1.54) is 13.2 Å². The first kappa shape index (κ1) is 16.0. The Hall–Kier alpha value is -1.40. The lowest BCUT2D eigenvalue weighted by atomic mass is 10.2. The third kappa shape index (κ3) is 4.28. The van der Waals surface area contributed by atoms with Crippen LogP contribution in [-0.4, -0.2) is 13.1 Å². The summed E-state index contributed by atoms with van der Waals surface area (Å²) in [5.41, 5.74) is 1.73. The van der Waals surface area contributed by atoms with Gasteiger partial charge in [0.05, 0.1) is 18.0 Å². The first-order valence-corrected chi connectivity index (χ1v) is 7.94. The molecular weight excluding hydrogens is 357 g/mol. The minimum absolute atomic E-state index is 0.248.